The molecule has 1 amide bonds. The van der Waals surface area contributed by atoms with Gasteiger partial charge < -0.3 is 9.32 Å². The predicted molar refractivity (Wildman–Crippen MR) is 100 cm³/mol. The Morgan fingerprint density at radius 2 is 1.92 bits per heavy atom. The topological polar surface area (TPSA) is 64.2 Å². The molecule has 0 unspecified atom stereocenters. The summed E-state index contributed by atoms with van der Waals surface area (Å²) < 4.78 is 7.63. The maximum absolute atomic E-state index is 12.6. The molecule has 0 spiro atoms. The third-order valence-corrected chi connectivity index (χ3v) is 6.07. The van der Waals surface area contributed by atoms with E-state index in [4.69, 9.17) is 4.42 Å². The summed E-state index contributed by atoms with van der Waals surface area (Å²) in [4.78, 5) is 14.7. The predicted octanol–water partition coefficient (Wildman–Crippen LogP) is 3.68. The van der Waals surface area contributed by atoms with Gasteiger partial charge in [0, 0.05) is 19.0 Å². The Morgan fingerprint density at radius 3 is 2.62 bits per heavy atom. The quantitative estimate of drug-likeness (QED) is 0.722. The van der Waals surface area contributed by atoms with Crippen LogP contribution in [-0.2, 0) is 11.3 Å². The number of amides is 1. The Kier molecular flexibility index (Phi) is 5.62. The molecule has 4 rings (SSSR count). The number of nitrogens with zero attached hydrogens (tertiary/aromatic N) is 4. The SMILES string of the molecule is O=C(CSc1nnc(C2CC2)n1Cc1ccco1)N1CCCCCCC1. The Hall–Kier alpha value is -1.76. The van der Waals surface area contributed by atoms with E-state index in [1.165, 1.54) is 43.9 Å². The summed E-state index contributed by atoms with van der Waals surface area (Å²) in [7, 11) is 0. The van der Waals surface area contributed by atoms with Gasteiger partial charge in [-0.15, -0.1) is 10.2 Å². The number of furan rings is 1. The lowest BCUT2D eigenvalue weighted by Gasteiger charge is -2.24. The second-order valence-corrected chi connectivity index (χ2v) is 8.16. The molecule has 1 aliphatic carbocycles. The fourth-order valence-electron chi connectivity index (χ4n) is 3.47. The standard InChI is InChI=1S/C19H26N4O2S/c24-17(22-10-4-2-1-3-5-11-22)14-26-19-21-20-18(15-8-9-15)23(19)13-16-7-6-12-25-16/h6-7,12,15H,1-5,8-11,13-14H2. The van der Waals surface area contributed by atoms with Crippen molar-refractivity contribution in [2.75, 3.05) is 18.8 Å². The molecule has 26 heavy (non-hydrogen) atoms. The third kappa shape index (κ3) is 4.31. The minimum atomic E-state index is 0.220. The lowest BCUT2D eigenvalue weighted by molar-refractivity contribution is -0.128. The second kappa shape index (κ2) is 8.29. The molecule has 3 heterocycles. The van der Waals surface area contributed by atoms with Crippen LogP contribution in [0.2, 0.25) is 0 Å². The Labute approximate surface area is 158 Å². The highest BCUT2D eigenvalue weighted by Gasteiger charge is 2.31. The molecule has 2 aliphatic rings. The largest absolute Gasteiger partial charge is 0.467 e. The molecule has 0 atom stereocenters. The molecule has 6 nitrogen and oxygen atoms in total. The van der Waals surface area contributed by atoms with Crippen LogP contribution in [0.5, 0.6) is 0 Å². The summed E-state index contributed by atoms with van der Waals surface area (Å²) in [5.74, 6) is 3.08. The first-order chi connectivity index (χ1) is 12.8. The van der Waals surface area contributed by atoms with Gasteiger partial charge in [-0.2, -0.15) is 0 Å². The first kappa shape index (κ1) is 17.6. The van der Waals surface area contributed by atoms with E-state index < -0.39 is 0 Å². The number of carbonyl (C=O) groups excluding carboxylic acids is 1. The first-order valence-electron chi connectivity index (χ1n) is 9.67. The average molecular weight is 375 g/mol. The highest BCUT2D eigenvalue weighted by Crippen LogP contribution is 2.40. The van der Waals surface area contributed by atoms with E-state index >= 15 is 0 Å². The van der Waals surface area contributed by atoms with E-state index in [1.54, 1.807) is 6.26 Å². The van der Waals surface area contributed by atoms with Crippen molar-refractivity contribution in [1.82, 2.24) is 19.7 Å². The third-order valence-electron chi connectivity index (χ3n) is 5.12. The van der Waals surface area contributed by atoms with Crippen LogP contribution in [0.15, 0.2) is 28.0 Å². The number of hydrogen-bond acceptors (Lipinski definition) is 5. The molecule has 1 saturated heterocycles. The van der Waals surface area contributed by atoms with Crippen LogP contribution >= 0.6 is 11.8 Å². The van der Waals surface area contributed by atoms with Crippen molar-refractivity contribution in [3.8, 4) is 0 Å². The number of hydrogen-bond donors (Lipinski definition) is 0. The smallest absolute Gasteiger partial charge is 0.233 e. The molecule has 1 saturated carbocycles. The van der Waals surface area contributed by atoms with Crippen LogP contribution in [0.3, 0.4) is 0 Å². The molecule has 140 valence electrons. The van der Waals surface area contributed by atoms with E-state index in [9.17, 15) is 4.79 Å². The van der Waals surface area contributed by atoms with Gasteiger partial charge in [0.15, 0.2) is 5.16 Å². The molecule has 2 fully saturated rings. The Bertz CT molecular complexity index is 716. The van der Waals surface area contributed by atoms with Gasteiger partial charge in [0.2, 0.25) is 5.91 Å². The Balaban J connectivity index is 1.41. The molecule has 2 aromatic rings. The van der Waals surface area contributed by atoms with Crippen molar-refractivity contribution >= 4 is 17.7 Å². The van der Waals surface area contributed by atoms with Crippen LogP contribution in [0.1, 0.15) is 62.4 Å². The highest BCUT2D eigenvalue weighted by molar-refractivity contribution is 7.99. The van der Waals surface area contributed by atoms with Crippen LogP contribution in [0.25, 0.3) is 0 Å². The van der Waals surface area contributed by atoms with Crippen molar-refractivity contribution in [3.63, 3.8) is 0 Å². The van der Waals surface area contributed by atoms with Crippen molar-refractivity contribution in [2.45, 2.75) is 62.6 Å². The monoisotopic (exact) mass is 374 g/mol. The number of thioether (sulfide) groups is 1. The zero-order valence-electron chi connectivity index (χ0n) is 15.1. The maximum atomic E-state index is 12.6. The van der Waals surface area contributed by atoms with Crippen molar-refractivity contribution in [2.24, 2.45) is 0 Å². The summed E-state index contributed by atoms with van der Waals surface area (Å²) in [6, 6.07) is 3.87. The number of aromatic nitrogens is 3. The summed E-state index contributed by atoms with van der Waals surface area (Å²) in [5.41, 5.74) is 0. The fourth-order valence-corrected chi connectivity index (χ4v) is 4.32. The summed E-state index contributed by atoms with van der Waals surface area (Å²) >= 11 is 1.51. The van der Waals surface area contributed by atoms with Gasteiger partial charge in [0.25, 0.3) is 0 Å². The minimum absolute atomic E-state index is 0.220. The van der Waals surface area contributed by atoms with Crippen molar-refractivity contribution in [1.29, 1.82) is 0 Å². The van der Waals surface area contributed by atoms with E-state index in [1.807, 2.05) is 17.0 Å². The van der Waals surface area contributed by atoms with Gasteiger partial charge in [-0.05, 0) is 37.8 Å². The highest BCUT2D eigenvalue weighted by atomic mass is 32.2. The fraction of sp³-hybridized carbons (Fsp3) is 0.632. The normalized spacial score (nSPS) is 18.5. The van der Waals surface area contributed by atoms with Crippen LogP contribution in [0.4, 0.5) is 0 Å². The van der Waals surface area contributed by atoms with Gasteiger partial charge in [0.05, 0.1) is 18.6 Å². The van der Waals surface area contributed by atoms with E-state index in [0.29, 0.717) is 18.2 Å². The van der Waals surface area contributed by atoms with Crippen molar-refractivity contribution in [3.05, 3.63) is 30.0 Å². The molecule has 0 bridgehead atoms. The molecule has 2 aromatic heterocycles. The molecular formula is C19H26N4O2S. The molecular weight excluding hydrogens is 348 g/mol. The zero-order chi connectivity index (χ0) is 17.8. The summed E-state index contributed by atoms with van der Waals surface area (Å²) in [5, 5.41) is 9.60. The molecule has 1 aliphatic heterocycles. The number of rotatable bonds is 6. The number of likely N-dealkylation sites (tertiary alicyclic amines) is 1. The van der Waals surface area contributed by atoms with Crippen molar-refractivity contribution < 1.29 is 9.21 Å². The average Bonchev–Trinajstić information content (AvgIpc) is 3.18. The second-order valence-electron chi connectivity index (χ2n) is 7.22. The maximum Gasteiger partial charge on any atom is 0.233 e. The van der Waals surface area contributed by atoms with E-state index in [2.05, 4.69) is 14.8 Å². The molecule has 7 heteroatoms. The molecule has 0 radical (unpaired) electrons. The van der Waals surface area contributed by atoms with Crippen LogP contribution in [-0.4, -0.2) is 44.4 Å². The molecule has 0 N–H and O–H groups in total. The Morgan fingerprint density at radius 1 is 1.15 bits per heavy atom. The van der Waals surface area contributed by atoms with E-state index in [0.717, 1.165) is 42.7 Å². The van der Waals surface area contributed by atoms with Gasteiger partial charge in [0.1, 0.15) is 11.6 Å². The minimum Gasteiger partial charge on any atom is -0.467 e. The molecule has 0 aromatic carbocycles. The lowest BCUT2D eigenvalue weighted by Crippen LogP contribution is -2.35. The first-order valence-corrected chi connectivity index (χ1v) is 10.7. The van der Waals surface area contributed by atoms with Crippen LogP contribution in [0, 0.1) is 0 Å². The number of carbonyl (C=O) groups is 1. The van der Waals surface area contributed by atoms with Gasteiger partial charge >= 0.3 is 0 Å². The summed E-state index contributed by atoms with van der Waals surface area (Å²) in [6.45, 7) is 2.42. The summed E-state index contributed by atoms with van der Waals surface area (Å²) in [6.07, 6.45) is 10.1. The van der Waals surface area contributed by atoms with Gasteiger partial charge in [-0.25, -0.2) is 0 Å². The van der Waals surface area contributed by atoms with Crippen LogP contribution < -0.4 is 0 Å². The van der Waals surface area contributed by atoms with Gasteiger partial charge in [-0.1, -0.05) is 31.0 Å². The zero-order valence-corrected chi connectivity index (χ0v) is 15.9. The van der Waals surface area contributed by atoms with Gasteiger partial charge in [-0.3, -0.25) is 9.36 Å². The van der Waals surface area contributed by atoms with E-state index in [-0.39, 0.29) is 5.91 Å². The lowest BCUT2D eigenvalue weighted by atomic mass is 10.1.